The Morgan fingerprint density at radius 2 is 2.05 bits per heavy atom. The summed E-state index contributed by atoms with van der Waals surface area (Å²) in [6.45, 7) is 2.94. The number of benzene rings is 1. The molecule has 1 N–H and O–H groups in total. The van der Waals surface area contributed by atoms with Crippen LogP contribution in [0.15, 0.2) is 42.5 Å². The molecule has 0 atom stereocenters. The van der Waals surface area contributed by atoms with Crippen molar-refractivity contribution in [3.05, 3.63) is 42.5 Å². The molecule has 1 aromatic heterocycles. The Kier molecular flexibility index (Phi) is 3.36. The molecule has 3 heteroatoms. The van der Waals surface area contributed by atoms with Crippen molar-refractivity contribution in [3.63, 3.8) is 0 Å². The summed E-state index contributed by atoms with van der Waals surface area (Å²) < 4.78 is 5.82. The summed E-state index contributed by atoms with van der Waals surface area (Å²) >= 11 is 0. The lowest BCUT2D eigenvalue weighted by atomic mass is 10.1. The third kappa shape index (κ3) is 3.05. The van der Waals surface area contributed by atoms with Gasteiger partial charge in [-0.2, -0.15) is 0 Å². The zero-order chi connectivity index (χ0) is 13.1. The second kappa shape index (κ2) is 5.31. The fourth-order valence-corrected chi connectivity index (χ4v) is 1.98. The highest BCUT2D eigenvalue weighted by atomic mass is 16.5. The second-order valence-corrected chi connectivity index (χ2v) is 4.78. The monoisotopic (exact) mass is 254 g/mol. The molecule has 1 aromatic carbocycles. The Morgan fingerprint density at radius 3 is 2.84 bits per heavy atom. The van der Waals surface area contributed by atoms with Crippen LogP contribution in [0.3, 0.4) is 0 Å². The second-order valence-electron chi connectivity index (χ2n) is 4.78. The van der Waals surface area contributed by atoms with Crippen LogP contribution in [-0.2, 0) is 0 Å². The van der Waals surface area contributed by atoms with Crippen LogP contribution >= 0.6 is 0 Å². The van der Waals surface area contributed by atoms with Crippen molar-refractivity contribution in [2.75, 3.05) is 11.9 Å². The van der Waals surface area contributed by atoms with Gasteiger partial charge in [0.15, 0.2) is 0 Å². The molecule has 0 spiro atoms. The molecule has 1 aliphatic rings. The minimum absolute atomic E-state index is 0.427. The van der Waals surface area contributed by atoms with Crippen LogP contribution < -0.4 is 10.1 Å². The molecule has 98 valence electrons. The maximum Gasteiger partial charge on any atom is 0.126 e. The van der Waals surface area contributed by atoms with Crippen LogP contribution in [0.1, 0.15) is 19.8 Å². The topological polar surface area (TPSA) is 34.1 Å². The number of anilines is 1. The first-order valence-electron chi connectivity index (χ1n) is 6.83. The van der Waals surface area contributed by atoms with Gasteiger partial charge in [-0.1, -0.05) is 18.2 Å². The van der Waals surface area contributed by atoms with Gasteiger partial charge in [0.25, 0.3) is 0 Å². The van der Waals surface area contributed by atoms with E-state index >= 15 is 0 Å². The van der Waals surface area contributed by atoms with Gasteiger partial charge in [0.2, 0.25) is 0 Å². The first kappa shape index (κ1) is 12.0. The molecule has 3 rings (SSSR count). The largest absolute Gasteiger partial charge is 0.490 e. The highest BCUT2D eigenvalue weighted by Crippen LogP contribution is 2.29. The van der Waals surface area contributed by atoms with Crippen molar-refractivity contribution >= 4 is 5.82 Å². The lowest BCUT2D eigenvalue weighted by Crippen LogP contribution is -1.99. The fraction of sp³-hybridized carbons (Fsp3) is 0.312. The maximum absolute atomic E-state index is 5.82. The van der Waals surface area contributed by atoms with E-state index in [1.54, 1.807) is 0 Å². The van der Waals surface area contributed by atoms with Crippen molar-refractivity contribution in [2.24, 2.45) is 0 Å². The fourth-order valence-electron chi connectivity index (χ4n) is 1.98. The first-order chi connectivity index (χ1) is 9.35. The first-order valence-corrected chi connectivity index (χ1v) is 6.83. The Balaban J connectivity index is 1.85. The van der Waals surface area contributed by atoms with Crippen LogP contribution in [-0.4, -0.2) is 17.6 Å². The average molecular weight is 254 g/mol. The molecule has 0 saturated heterocycles. The number of ether oxygens (including phenoxy) is 1. The Morgan fingerprint density at radius 1 is 1.21 bits per heavy atom. The van der Waals surface area contributed by atoms with Gasteiger partial charge < -0.3 is 10.1 Å². The molecule has 1 aliphatic carbocycles. The van der Waals surface area contributed by atoms with Gasteiger partial charge >= 0.3 is 0 Å². The summed E-state index contributed by atoms with van der Waals surface area (Å²) in [6.07, 6.45) is 2.79. The van der Waals surface area contributed by atoms with E-state index in [4.69, 9.17) is 4.74 Å². The minimum Gasteiger partial charge on any atom is -0.490 e. The van der Waals surface area contributed by atoms with E-state index in [9.17, 15) is 0 Å². The molecule has 1 heterocycles. The van der Waals surface area contributed by atoms with Crippen LogP contribution in [0.5, 0.6) is 5.75 Å². The predicted molar refractivity (Wildman–Crippen MR) is 77.5 cm³/mol. The van der Waals surface area contributed by atoms with E-state index in [0.29, 0.717) is 6.10 Å². The van der Waals surface area contributed by atoms with Crippen LogP contribution in [0, 0.1) is 0 Å². The molecule has 19 heavy (non-hydrogen) atoms. The number of hydrogen-bond acceptors (Lipinski definition) is 3. The molecule has 0 radical (unpaired) electrons. The molecule has 0 unspecified atom stereocenters. The maximum atomic E-state index is 5.82. The molecule has 0 bridgehead atoms. The molecule has 3 nitrogen and oxygen atoms in total. The number of rotatable bonds is 5. The van der Waals surface area contributed by atoms with Crippen molar-refractivity contribution in [2.45, 2.75) is 25.9 Å². The Hall–Kier alpha value is -2.03. The highest BCUT2D eigenvalue weighted by Gasteiger charge is 2.23. The zero-order valence-electron chi connectivity index (χ0n) is 11.1. The molecule has 1 fully saturated rings. The van der Waals surface area contributed by atoms with Gasteiger partial charge in [0.05, 0.1) is 11.8 Å². The van der Waals surface area contributed by atoms with Gasteiger partial charge in [0, 0.05) is 12.1 Å². The highest BCUT2D eigenvalue weighted by molar-refractivity contribution is 5.63. The lowest BCUT2D eigenvalue weighted by molar-refractivity contribution is 0.303. The molecule has 1 saturated carbocycles. The average Bonchev–Trinajstić information content (AvgIpc) is 3.24. The van der Waals surface area contributed by atoms with Crippen molar-refractivity contribution < 1.29 is 4.74 Å². The Bertz CT molecular complexity index is 564. The molecule has 0 aliphatic heterocycles. The quantitative estimate of drug-likeness (QED) is 0.883. The normalized spacial score (nSPS) is 14.2. The summed E-state index contributed by atoms with van der Waals surface area (Å²) in [5.74, 6) is 1.85. The number of pyridine rings is 1. The SMILES string of the molecule is CCNc1cccc(-c2cccc(OC3CC3)c2)n1. The van der Waals surface area contributed by atoms with Gasteiger partial charge in [-0.05, 0) is 44.0 Å². The number of hydrogen-bond donors (Lipinski definition) is 1. The van der Waals surface area contributed by atoms with Crippen molar-refractivity contribution in [3.8, 4) is 17.0 Å². The van der Waals surface area contributed by atoms with E-state index in [2.05, 4.69) is 29.4 Å². The summed E-state index contributed by atoms with van der Waals surface area (Å²) in [5, 5.41) is 3.23. The van der Waals surface area contributed by atoms with E-state index < -0.39 is 0 Å². The smallest absolute Gasteiger partial charge is 0.126 e. The number of nitrogens with zero attached hydrogens (tertiary/aromatic N) is 1. The van der Waals surface area contributed by atoms with E-state index in [0.717, 1.165) is 29.4 Å². The Labute approximate surface area is 113 Å². The lowest BCUT2D eigenvalue weighted by Gasteiger charge is -2.08. The van der Waals surface area contributed by atoms with E-state index in [1.165, 1.54) is 12.8 Å². The van der Waals surface area contributed by atoms with E-state index in [-0.39, 0.29) is 0 Å². The number of nitrogens with one attached hydrogen (secondary N) is 1. The summed E-state index contributed by atoms with van der Waals surface area (Å²) in [7, 11) is 0. The number of aromatic nitrogens is 1. The van der Waals surface area contributed by atoms with Crippen LogP contribution in [0.2, 0.25) is 0 Å². The molecule has 2 aromatic rings. The third-order valence-corrected chi connectivity index (χ3v) is 3.06. The summed E-state index contributed by atoms with van der Waals surface area (Å²) in [5.41, 5.74) is 2.07. The molecular formula is C16H18N2O. The van der Waals surface area contributed by atoms with Crippen molar-refractivity contribution in [1.82, 2.24) is 4.98 Å². The van der Waals surface area contributed by atoms with E-state index in [1.807, 2.05) is 30.3 Å². The van der Waals surface area contributed by atoms with Crippen molar-refractivity contribution in [1.29, 1.82) is 0 Å². The molecular weight excluding hydrogens is 236 g/mol. The predicted octanol–water partition coefficient (Wildman–Crippen LogP) is 3.72. The van der Waals surface area contributed by atoms with Gasteiger partial charge in [-0.3, -0.25) is 0 Å². The summed E-state index contributed by atoms with van der Waals surface area (Å²) in [4.78, 5) is 4.60. The van der Waals surface area contributed by atoms with Crippen LogP contribution in [0.25, 0.3) is 11.3 Å². The summed E-state index contributed by atoms with van der Waals surface area (Å²) in [6, 6.07) is 14.2. The van der Waals surface area contributed by atoms with Crippen LogP contribution in [0.4, 0.5) is 5.82 Å². The third-order valence-electron chi connectivity index (χ3n) is 3.06. The van der Waals surface area contributed by atoms with Gasteiger partial charge in [0.1, 0.15) is 11.6 Å². The molecule has 0 amide bonds. The van der Waals surface area contributed by atoms with Gasteiger partial charge in [-0.15, -0.1) is 0 Å². The van der Waals surface area contributed by atoms with Gasteiger partial charge in [-0.25, -0.2) is 4.98 Å². The standard InChI is InChI=1S/C16H18N2O/c1-2-17-16-8-4-7-15(18-16)12-5-3-6-14(11-12)19-13-9-10-13/h3-8,11,13H,2,9-10H2,1H3,(H,17,18). The minimum atomic E-state index is 0.427. The zero-order valence-corrected chi connectivity index (χ0v) is 11.1.